The normalized spacial score (nSPS) is 13.2. The molecular formula is C17H23BrS. The van der Waals surface area contributed by atoms with E-state index in [2.05, 4.69) is 75.0 Å². The third kappa shape index (κ3) is 2.75. The minimum absolute atomic E-state index is 0.178. The van der Waals surface area contributed by atoms with Gasteiger partial charge in [-0.3, -0.25) is 0 Å². The van der Waals surface area contributed by atoms with Gasteiger partial charge in [0.15, 0.2) is 0 Å². The molecule has 0 unspecified atom stereocenters. The second-order valence-electron chi connectivity index (χ2n) is 6.97. The van der Waals surface area contributed by atoms with Crippen LogP contribution in [-0.2, 0) is 10.8 Å². The summed E-state index contributed by atoms with van der Waals surface area (Å²) in [4.78, 5) is 0. The van der Waals surface area contributed by atoms with E-state index in [4.69, 9.17) is 0 Å². The lowest BCUT2D eigenvalue weighted by molar-refractivity contribution is 0.480. The lowest BCUT2D eigenvalue weighted by atomic mass is 9.73. The van der Waals surface area contributed by atoms with Crippen molar-refractivity contribution in [1.82, 2.24) is 0 Å². The molecule has 104 valence electrons. The minimum atomic E-state index is 0.178. The predicted octanol–water partition coefficient (Wildman–Crippen LogP) is 6.65. The second-order valence-corrected chi connectivity index (χ2v) is 8.73. The maximum atomic E-state index is 3.67. The maximum Gasteiger partial charge on any atom is 0.0361 e. The van der Waals surface area contributed by atoms with Gasteiger partial charge in [-0.1, -0.05) is 41.5 Å². The fraction of sp³-hybridized carbons (Fsp3) is 0.529. The average molecular weight is 339 g/mol. The molecule has 0 saturated heterocycles. The molecule has 1 heterocycles. The molecule has 0 bridgehead atoms. The molecule has 19 heavy (non-hydrogen) atoms. The quantitative estimate of drug-likeness (QED) is 0.575. The molecule has 0 N–H and O–H groups in total. The van der Waals surface area contributed by atoms with E-state index in [1.165, 1.54) is 25.7 Å². The number of hydrogen-bond acceptors (Lipinski definition) is 1. The van der Waals surface area contributed by atoms with Gasteiger partial charge in [0.05, 0.1) is 0 Å². The summed E-state index contributed by atoms with van der Waals surface area (Å²) < 4.78 is 2.61. The van der Waals surface area contributed by atoms with Crippen LogP contribution < -0.4 is 0 Å². The number of hydrogen-bond donors (Lipinski definition) is 0. The summed E-state index contributed by atoms with van der Waals surface area (Å²) in [5.41, 5.74) is 3.39. The number of thiophene rings is 1. The largest absolute Gasteiger partial charge is 0.143 e. The Balaban J connectivity index is 2.80. The van der Waals surface area contributed by atoms with Crippen molar-refractivity contribution in [3.63, 3.8) is 0 Å². The van der Waals surface area contributed by atoms with Crippen molar-refractivity contribution >= 4 is 37.4 Å². The first-order valence-corrected chi connectivity index (χ1v) is 8.56. The van der Waals surface area contributed by atoms with Gasteiger partial charge >= 0.3 is 0 Å². The van der Waals surface area contributed by atoms with Crippen LogP contribution in [0.2, 0.25) is 0 Å². The van der Waals surface area contributed by atoms with Crippen LogP contribution in [0.25, 0.3) is 10.1 Å². The van der Waals surface area contributed by atoms with Crippen molar-refractivity contribution in [2.24, 2.45) is 0 Å². The highest BCUT2D eigenvalue weighted by atomic mass is 79.9. The van der Waals surface area contributed by atoms with Crippen molar-refractivity contribution in [1.29, 1.82) is 0 Å². The average Bonchev–Trinajstić information content (AvgIpc) is 2.68. The smallest absolute Gasteiger partial charge is 0.0361 e. The molecule has 0 spiro atoms. The van der Waals surface area contributed by atoms with E-state index in [9.17, 15) is 0 Å². The second kappa shape index (κ2) is 4.89. The molecule has 1 aromatic heterocycles. The third-order valence-corrected chi connectivity index (χ3v) is 5.99. The van der Waals surface area contributed by atoms with Gasteiger partial charge in [0.1, 0.15) is 0 Å². The Hall–Kier alpha value is -0.340. The SMILES string of the molecule is CCC(C)(C)c1cc2scc(Br)c2cc1C(C)(C)C. The summed E-state index contributed by atoms with van der Waals surface area (Å²) in [6, 6.07) is 4.80. The molecule has 2 heteroatoms. The predicted molar refractivity (Wildman–Crippen MR) is 91.5 cm³/mol. The molecule has 0 amide bonds. The van der Waals surface area contributed by atoms with Crippen LogP contribution in [0.3, 0.4) is 0 Å². The van der Waals surface area contributed by atoms with E-state index >= 15 is 0 Å². The molecule has 2 rings (SSSR count). The number of rotatable bonds is 2. The van der Waals surface area contributed by atoms with Gasteiger partial charge in [-0.15, -0.1) is 11.3 Å². The van der Waals surface area contributed by atoms with Crippen molar-refractivity contribution in [3.05, 3.63) is 33.1 Å². The summed E-state index contributed by atoms with van der Waals surface area (Å²) in [7, 11) is 0. The first-order chi connectivity index (χ1) is 8.66. The van der Waals surface area contributed by atoms with Crippen LogP contribution in [0.4, 0.5) is 0 Å². The number of fused-ring (bicyclic) bond motifs is 1. The Kier molecular flexibility index (Phi) is 3.88. The molecule has 0 atom stereocenters. The summed E-state index contributed by atoms with van der Waals surface area (Å²) >= 11 is 5.50. The molecule has 0 aliphatic heterocycles. The Bertz CT molecular complexity index is 599. The zero-order chi connectivity index (χ0) is 14.4. The van der Waals surface area contributed by atoms with E-state index in [0.29, 0.717) is 0 Å². The Morgan fingerprint density at radius 3 is 2.21 bits per heavy atom. The standard InChI is InChI=1S/C17H23BrS/c1-7-17(5,6)13-9-15-11(14(18)10-19-15)8-12(13)16(2,3)4/h8-10H,7H2,1-6H3. The van der Waals surface area contributed by atoms with Crippen molar-refractivity contribution in [2.45, 2.75) is 58.8 Å². The first-order valence-electron chi connectivity index (χ1n) is 6.88. The summed E-state index contributed by atoms with van der Waals surface area (Å²) in [6.45, 7) is 13.9. The van der Waals surface area contributed by atoms with E-state index in [0.717, 1.165) is 6.42 Å². The van der Waals surface area contributed by atoms with E-state index in [1.54, 1.807) is 0 Å². The third-order valence-electron chi connectivity index (χ3n) is 4.09. The zero-order valence-electron chi connectivity index (χ0n) is 12.7. The highest BCUT2D eigenvalue weighted by Crippen LogP contribution is 2.41. The summed E-state index contributed by atoms with van der Waals surface area (Å²) in [6.07, 6.45) is 1.16. The first kappa shape index (κ1) is 15.1. The highest BCUT2D eigenvalue weighted by molar-refractivity contribution is 9.10. The van der Waals surface area contributed by atoms with Crippen LogP contribution in [0.5, 0.6) is 0 Å². The fourth-order valence-corrected chi connectivity index (χ4v) is 3.99. The molecule has 0 fully saturated rings. The molecule has 0 saturated carbocycles. The van der Waals surface area contributed by atoms with Crippen molar-refractivity contribution in [3.8, 4) is 0 Å². The van der Waals surface area contributed by atoms with Gasteiger partial charge in [-0.05, 0) is 56.4 Å². The van der Waals surface area contributed by atoms with Crippen LogP contribution in [0.15, 0.2) is 22.0 Å². The van der Waals surface area contributed by atoms with Crippen molar-refractivity contribution in [2.75, 3.05) is 0 Å². The Morgan fingerprint density at radius 2 is 1.68 bits per heavy atom. The topological polar surface area (TPSA) is 0 Å². The van der Waals surface area contributed by atoms with Crippen LogP contribution >= 0.6 is 27.3 Å². The highest BCUT2D eigenvalue weighted by Gasteiger charge is 2.28. The fourth-order valence-electron chi connectivity index (χ4n) is 2.41. The van der Waals surface area contributed by atoms with Crippen molar-refractivity contribution < 1.29 is 0 Å². The van der Waals surface area contributed by atoms with Gasteiger partial charge in [0, 0.05) is 19.9 Å². The van der Waals surface area contributed by atoms with Gasteiger partial charge < -0.3 is 0 Å². The molecule has 2 aromatic rings. The number of benzene rings is 1. The zero-order valence-corrected chi connectivity index (χ0v) is 15.1. The van der Waals surface area contributed by atoms with E-state index in [1.807, 2.05) is 11.3 Å². The summed E-state index contributed by atoms with van der Waals surface area (Å²) in [5, 5.41) is 3.55. The summed E-state index contributed by atoms with van der Waals surface area (Å²) in [5.74, 6) is 0. The lowest BCUT2D eigenvalue weighted by Gasteiger charge is -2.32. The van der Waals surface area contributed by atoms with Gasteiger partial charge in [-0.25, -0.2) is 0 Å². The maximum absolute atomic E-state index is 3.67. The van der Waals surface area contributed by atoms with Crippen LogP contribution in [0.1, 0.15) is 59.1 Å². The van der Waals surface area contributed by atoms with Crippen LogP contribution in [-0.4, -0.2) is 0 Å². The molecular weight excluding hydrogens is 316 g/mol. The lowest BCUT2D eigenvalue weighted by Crippen LogP contribution is -2.23. The number of halogens is 1. The van der Waals surface area contributed by atoms with Gasteiger partial charge in [0.2, 0.25) is 0 Å². The molecule has 0 aliphatic carbocycles. The van der Waals surface area contributed by atoms with E-state index < -0.39 is 0 Å². The Morgan fingerprint density at radius 1 is 1.05 bits per heavy atom. The van der Waals surface area contributed by atoms with Gasteiger partial charge in [0.25, 0.3) is 0 Å². The Labute approximate surface area is 129 Å². The van der Waals surface area contributed by atoms with E-state index in [-0.39, 0.29) is 10.8 Å². The molecule has 1 aromatic carbocycles. The monoisotopic (exact) mass is 338 g/mol. The molecule has 0 radical (unpaired) electrons. The molecule has 0 aliphatic rings. The minimum Gasteiger partial charge on any atom is -0.143 e. The van der Waals surface area contributed by atoms with Gasteiger partial charge in [-0.2, -0.15) is 0 Å². The van der Waals surface area contributed by atoms with Crippen LogP contribution in [0, 0.1) is 0 Å². The molecule has 0 nitrogen and oxygen atoms in total.